The molecule has 0 aromatic carbocycles. The van der Waals surface area contributed by atoms with Gasteiger partial charge in [-0.2, -0.15) is 0 Å². The van der Waals surface area contributed by atoms with Crippen LogP contribution in [-0.2, 0) is 27.3 Å². The highest BCUT2D eigenvalue weighted by Gasteiger charge is 2.23. The second-order valence-corrected chi connectivity index (χ2v) is 7.74. The van der Waals surface area contributed by atoms with Crippen LogP contribution in [0.15, 0.2) is 6.20 Å². The number of nitrogens with one attached hydrogen (secondary N) is 1. The number of aromatic nitrogens is 3. The molecule has 2 amide bonds. The summed E-state index contributed by atoms with van der Waals surface area (Å²) in [7, 11) is 0. The molecule has 1 fully saturated rings. The first kappa shape index (κ1) is 23.0. The minimum absolute atomic E-state index is 0.0103. The van der Waals surface area contributed by atoms with E-state index in [2.05, 4.69) is 15.6 Å². The van der Waals surface area contributed by atoms with Gasteiger partial charge >= 0.3 is 0 Å². The largest absolute Gasteiger partial charge is 0.347 e. The summed E-state index contributed by atoms with van der Waals surface area (Å²) in [6.45, 7) is 5.47. The zero-order valence-electron chi connectivity index (χ0n) is 17.6. The molecule has 1 unspecified atom stereocenters. The Labute approximate surface area is 172 Å². The van der Waals surface area contributed by atoms with Crippen LogP contribution in [-0.4, -0.2) is 62.7 Å². The Balaban J connectivity index is 1.74. The van der Waals surface area contributed by atoms with Gasteiger partial charge < -0.3 is 16.0 Å². The van der Waals surface area contributed by atoms with Crippen LogP contribution in [0.25, 0.3) is 0 Å². The quantitative estimate of drug-likeness (QED) is 0.524. The smallest absolute Gasteiger partial charge is 0.239 e. The number of carbonyl (C=O) groups excluding carboxylic acids is 3. The fourth-order valence-corrected chi connectivity index (χ4v) is 3.63. The van der Waals surface area contributed by atoms with E-state index in [0.29, 0.717) is 31.5 Å². The first-order chi connectivity index (χ1) is 13.9. The van der Waals surface area contributed by atoms with E-state index < -0.39 is 12.1 Å². The van der Waals surface area contributed by atoms with Crippen LogP contribution in [0.2, 0.25) is 0 Å². The van der Waals surface area contributed by atoms with Crippen LogP contribution in [0.4, 0.5) is 0 Å². The Morgan fingerprint density at radius 3 is 2.59 bits per heavy atom. The van der Waals surface area contributed by atoms with Gasteiger partial charge in [0.05, 0.1) is 17.8 Å². The number of piperidine rings is 1. The molecule has 3 N–H and O–H groups in total. The summed E-state index contributed by atoms with van der Waals surface area (Å²) in [4.78, 5) is 37.4. The average molecular weight is 407 g/mol. The molecule has 1 aliphatic rings. The van der Waals surface area contributed by atoms with Crippen LogP contribution >= 0.6 is 0 Å². The SMILES string of the molecule is CCC(=O)C(CCCCn1cc(C[C@H](N)C(=O)N2CCCCC2)nn1)NC(C)=O. The Kier molecular flexibility index (Phi) is 9.24. The number of ketones is 1. The Morgan fingerprint density at radius 2 is 1.93 bits per heavy atom. The van der Waals surface area contributed by atoms with Crippen LogP contribution < -0.4 is 11.1 Å². The Hall–Kier alpha value is -2.29. The van der Waals surface area contributed by atoms with Crippen molar-refractivity contribution in [3.63, 3.8) is 0 Å². The van der Waals surface area contributed by atoms with Crippen molar-refractivity contribution in [1.29, 1.82) is 0 Å². The lowest BCUT2D eigenvalue weighted by Gasteiger charge is -2.28. The number of hydrogen-bond donors (Lipinski definition) is 2. The maximum atomic E-state index is 12.4. The van der Waals surface area contributed by atoms with E-state index in [1.165, 1.54) is 13.3 Å². The summed E-state index contributed by atoms with van der Waals surface area (Å²) < 4.78 is 1.74. The summed E-state index contributed by atoms with van der Waals surface area (Å²) in [5, 5.41) is 11.0. The molecule has 29 heavy (non-hydrogen) atoms. The molecule has 9 nitrogen and oxygen atoms in total. The van der Waals surface area contributed by atoms with Gasteiger partial charge in [-0.15, -0.1) is 5.10 Å². The lowest BCUT2D eigenvalue weighted by atomic mass is 10.0. The number of likely N-dealkylation sites (tertiary alicyclic amines) is 1. The van der Waals surface area contributed by atoms with Gasteiger partial charge in [0.2, 0.25) is 11.8 Å². The molecule has 2 heterocycles. The van der Waals surface area contributed by atoms with E-state index in [4.69, 9.17) is 5.73 Å². The summed E-state index contributed by atoms with van der Waals surface area (Å²) in [6, 6.07) is -1.00. The van der Waals surface area contributed by atoms with Gasteiger partial charge in [0.1, 0.15) is 0 Å². The van der Waals surface area contributed by atoms with Crippen LogP contribution in [0.1, 0.15) is 64.5 Å². The highest BCUT2D eigenvalue weighted by atomic mass is 16.2. The molecule has 0 bridgehead atoms. The van der Waals surface area contributed by atoms with E-state index in [1.54, 1.807) is 11.6 Å². The minimum Gasteiger partial charge on any atom is -0.347 e. The van der Waals surface area contributed by atoms with Crippen molar-refractivity contribution in [2.24, 2.45) is 5.73 Å². The normalized spacial score (nSPS) is 16.3. The highest BCUT2D eigenvalue weighted by molar-refractivity contribution is 5.88. The molecule has 2 rings (SSSR count). The number of hydrogen-bond acceptors (Lipinski definition) is 6. The molecular formula is C20H34N6O3. The Bertz CT molecular complexity index is 684. The van der Waals surface area contributed by atoms with Gasteiger partial charge in [-0.25, -0.2) is 0 Å². The van der Waals surface area contributed by atoms with Gasteiger partial charge in [-0.1, -0.05) is 12.1 Å². The molecule has 1 aliphatic heterocycles. The number of aryl methyl sites for hydroxylation is 1. The predicted octanol–water partition coefficient (Wildman–Crippen LogP) is 0.815. The fourth-order valence-electron chi connectivity index (χ4n) is 3.63. The van der Waals surface area contributed by atoms with Gasteiger partial charge in [0.15, 0.2) is 5.78 Å². The summed E-state index contributed by atoms with van der Waals surface area (Å²) in [5.41, 5.74) is 6.80. The van der Waals surface area contributed by atoms with E-state index in [1.807, 2.05) is 11.1 Å². The van der Waals surface area contributed by atoms with Crippen molar-refractivity contribution in [3.05, 3.63) is 11.9 Å². The maximum absolute atomic E-state index is 12.4. The van der Waals surface area contributed by atoms with E-state index in [0.717, 1.165) is 38.8 Å². The molecule has 162 valence electrons. The average Bonchev–Trinajstić information content (AvgIpc) is 3.16. The number of amides is 2. The van der Waals surface area contributed by atoms with Crippen molar-refractivity contribution >= 4 is 17.6 Å². The maximum Gasteiger partial charge on any atom is 0.239 e. The minimum atomic E-state index is -0.586. The standard InChI is InChI=1S/C20H34N6O3/c1-3-19(28)18(22-15(2)27)9-5-8-12-26-14-16(23-24-26)13-17(21)20(29)25-10-6-4-7-11-25/h14,17-18H,3-13,21H2,1-2H3,(H,22,27)/t17-,18?/m0/s1. The highest BCUT2D eigenvalue weighted by Crippen LogP contribution is 2.11. The van der Waals surface area contributed by atoms with Gasteiger partial charge in [0, 0.05) is 45.6 Å². The summed E-state index contributed by atoms with van der Waals surface area (Å²) in [6.07, 6.45) is 8.09. The van der Waals surface area contributed by atoms with Crippen molar-refractivity contribution < 1.29 is 14.4 Å². The molecule has 9 heteroatoms. The second-order valence-electron chi connectivity index (χ2n) is 7.74. The van der Waals surface area contributed by atoms with Crippen LogP contribution in [0.3, 0.4) is 0 Å². The number of carbonyl (C=O) groups is 3. The monoisotopic (exact) mass is 406 g/mol. The van der Waals surface area contributed by atoms with Gasteiger partial charge in [0.25, 0.3) is 0 Å². The van der Waals surface area contributed by atoms with Gasteiger partial charge in [-0.3, -0.25) is 19.1 Å². The van der Waals surface area contributed by atoms with Crippen LogP contribution in [0, 0.1) is 0 Å². The molecule has 0 saturated carbocycles. The van der Waals surface area contributed by atoms with Crippen molar-refractivity contribution in [2.45, 2.75) is 83.8 Å². The molecular weight excluding hydrogens is 372 g/mol. The third kappa shape index (κ3) is 7.56. The molecule has 1 aromatic rings. The first-order valence-corrected chi connectivity index (χ1v) is 10.6. The number of unbranched alkanes of at least 4 members (excludes halogenated alkanes) is 1. The van der Waals surface area contributed by atoms with Crippen LogP contribution in [0.5, 0.6) is 0 Å². The summed E-state index contributed by atoms with van der Waals surface area (Å²) in [5.74, 6) is -0.146. The van der Waals surface area contributed by atoms with E-state index >= 15 is 0 Å². The molecule has 0 aliphatic carbocycles. The molecule has 0 spiro atoms. The fraction of sp³-hybridized carbons (Fsp3) is 0.750. The second kappa shape index (κ2) is 11.6. The van der Waals surface area contributed by atoms with Gasteiger partial charge in [-0.05, 0) is 38.5 Å². The number of rotatable bonds is 11. The Morgan fingerprint density at radius 1 is 1.21 bits per heavy atom. The summed E-state index contributed by atoms with van der Waals surface area (Å²) >= 11 is 0. The first-order valence-electron chi connectivity index (χ1n) is 10.6. The molecule has 0 radical (unpaired) electrons. The van der Waals surface area contributed by atoms with Crippen molar-refractivity contribution in [1.82, 2.24) is 25.2 Å². The number of nitrogens with two attached hydrogens (primary N) is 1. The predicted molar refractivity (Wildman–Crippen MR) is 109 cm³/mol. The molecule has 1 saturated heterocycles. The topological polar surface area (TPSA) is 123 Å². The van der Waals surface area contributed by atoms with Crippen molar-refractivity contribution in [2.75, 3.05) is 13.1 Å². The van der Waals surface area contributed by atoms with E-state index in [-0.39, 0.29) is 17.6 Å². The lowest BCUT2D eigenvalue weighted by Crippen LogP contribution is -2.46. The van der Waals surface area contributed by atoms with E-state index in [9.17, 15) is 14.4 Å². The lowest BCUT2D eigenvalue weighted by molar-refractivity contribution is -0.133. The third-order valence-corrected chi connectivity index (χ3v) is 5.24. The number of Topliss-reactive ketones (excluding diaryl/α,β-unsaturated/α-hetero) is 1. The number of nitrogens with zero attached hydrogens (tertiary/aromatic N) is 4. The molecule has 2 atom stereocenters. The molecule has 1 aromatic heterocycles. The zero-order valence-corrected chi connectivity index (χ0v) is 17.6. The zero-order chi connectivity index (χ0) is 21.2. The third-order valence-electron chi connectivity index (χ3n) is 5.24. The van der Waals surface area contributed by atoms with Crippen molar-refractivity contribution in [3.8, 4) is 0 Å².